The van der Waals surface area contributed by atoms with E-state index >= 15 is 0 Å². The summed E-state index contributed by atoms with van der Waals surface area (Å²) in [5.74, 6) is 0.392. The van der Waals surface area contributed by atoms with Crippen molar-refractivity contribution in [1.29, 1.82) is 0 Å². The molecule has 86 valence electrons. The highest BCUT2D eigenvalue weighted by Crippen LogP contribution is 2.36. The molecule has 0 spiro atoms. The third kappa shape index (κ3) is 9.03. The highest BCUT2D eigenvalue weighted by molar-refractivity contribution is 7.79. The molecule has 1 unspecified atom stereocenters. The molecule has 1 atom stereocenters. The molecule has 0 aliphatic heterocycles. The zero-order chi connectivity index (χ0) is 10.8. The average Bonchev–Trinajstić information content (AvgIpc) is 2.16. The van der Waals surface area contributed by atoms with Crippen molar-refractivity contribution in [3.05, 3.63) is 0 Å². The smallest absolute Gasteiger partial charge is 0.169 e. The molecule has 4 nitrogen and oxygen atoms in total. The minimum Gasteiger partial charge on any atom is -0.337 e. The predicted molar refractivity (Wildman–Crippen MR) is 59.9 cm³/mol. The van der Waals surface area contributed by atoms with Gasteiger partial charge in [0.1, 0.15) is 0 Å². The van der Waals surface area contributed by atoms with Gasteiger partial charge in [0.15, 0.2) is 19.5 Å². The first-order valence-electron chi connectivity index (χ1n) is 4.64. The van der Waals surface area contributed by atoms with Gasteiger partial charge >= 0.3 is 0 Å². The highest BCUT2D eigenvalue weighted by Gasteiger charge is 2.04. The quantitative estimate of drug-likeness (QED) is 0.383. The summed E-state index contributed by atoms with van der Waals surface area (Å²) >= 11 is -1.63. The van der Waals surface area contributed by atoms with E-state index in [1.807, 2.05) is 0 Å². The summed E-state index contributed by atoms with van der Waals surface area (Å²) in [6.07, 6.45) is 4.91. The van der Waals surface area contributed by atoms with E-state index in [0.29, 0.717) is 5.75 Å². The van der Waals surface area contributed by atoms with Crippen molar-refractivity contribution in [2.75, 3.05) is 26.1 Å². The van der Waals surface area contributed by atoms with Crippen LogP contribution in [0.5, 0.6) is 0 Å². The molecular formula is C8H19O4PS. The van der Waals surface area contributed by atoms with E-state index in [1.165, 1.54) is 0 Å². The van der Waals surface area contributed by atoms with Gasteiger partial charge < -0.3 is 13.6 Å². The molecule has 0 bridgehead atoms. The van der Waals surface area contributed by atoms with Crippen LogP contribution >= 0.6 is 8.38 Å². The number of unbranched alkanes of at least 4 members (excludes halogenated alkanes) is 3. The predicted octanol–water partition coefficient (Wildman–Crippen LogP) is 2.37. The van der Waals surface area contributed by atoms with Crippen LogP contribution in [-0.4, -0.2) is 34.9 Å². The average molecular weight is 242 g/mol. The van der Waals surface area contributed by atoms with E-state index < -0.39 is 19.5 Å². The Kier molecular flexibility index (Phi) is 10.3. The summed E-state index contributed by atoms with van der Waals surface area (Å²) in [4.78, 5) is 0. The van der Waals surface area contributed by atoms with Crippen LogP contribution in [0.4, 0.5) is 0 Å². The van der Waals surface area contributed by atoms with E-state index in [2.05, 4.69) is 0 Å². The van der Waals surface area contributed by atoms with Crippen molar-refractivity contribution < 1.29 is 17.8 Å². The van der Waals surface area contributed by atoms with Crippen molar-refractivity contribution in [3.63, 3.8) is 0 Å². The Bertz CT molecular complexity index is 152. The molecule has 0 aliphatic carbocycles. The second-order valence-corrected chi connectivity index (χ2v) is 5.76. The van der Waals surface area contributed by atoms with Gasteiger partial charge in [-0.15, -0.1) is 0 Å². The summed E-state index contributed by atoms with van der Waals surface area (Å²) in [6, 6.07) is 0. The van der Waals surface area contributed by atoms with Crippen LogP contribution in [0.25, 0.3) is 0 Å². The van der Waals surface area contributed by atoms with E-state index in [4.69, 9.17) is 13.6 Å². The molecule has 0 amide bonds. The van der Waals surface area contributed by atoms with Gasteiger partial charge in [0.25, 0.3) is 0 Å². The maximum absolute atomic E-state index is 10.3. The Balaban J connectivity index is 3.16. The number of hydrogen-bond acceptors (Lipinski definition) is 3. The largest absolute Gasteiger partial charge is 0.337 e. The fraction of sp³-hybridized carbons (Fsp3) is 1.00. The molecule has 1 N–H and O–H groups in total. The molecule has 0 aliphatic rings. The maximum atomic E-state index is 10.3. The molecule has 0 aromatic carbocycles. The summed E-state index contributed by atoms with van der Waals surface area (Å²) < 4.78 is 29.0. The lowest BCUT2D eigenvalue weighted by molar-refractivity contribution is 0.339. The second-order valence-electron chi connectivity index (χ2n) is 2.86. The van der Waals surface area contributed by atoms with Gasteiger partial charge in [-0.2, -0.15) is 0 Å². The first-order valence-corrected chi connectivity index (χ1v) is 7.27. The van der Waals surface area contributed by atoms with Gasteiger partial charge in [-0.25, -0.2) is 4.21 Å². The third-order valence-electron chi connectivity index (χ3n) is 1.82. The number of hydrogen-bond donors (Lipinski definition) is 1. The Hall–Kier alpha value is 0.460. The summed E-state index contributed by atoms with van der Waals surface area (Å²) in [7, 11) is 2.61. The lowest BCUT2D eigenvalue weighted by Gasteiger charge is -2.11. The van der Waals surface area contributed by atoms with Crippen LogP contribution in [0.3, 0.4) is 0 Å². The van der Waals surface area contributed by atoms with Crippen molar-refractivity contribution in [2.24, 2.45) is 0 Å². The van der Waals surface area contributed by atoms with Crippen LogP contribution in [0, 0.1) is 0 Å². The Morgan fingerprint density at radius 2 is 1.71 bits per heavy atom. The van der Waals surface area contributed by atoms with Gasteiger partial charge in [0.2, 0.25) is 0 Å². The van der Waals surface area contributed by atoms with E-state index in [9.17, 15) is 4.21 Å². The van der Waals surface area contributed by atoms with Crippen molar-refractivity contribution in [2.45, 2.75) is 25.7 Å². The third-order valence-corrected chi connectivity index (χ3v) is 3.95. The molecule has 6 heteroatoms. The van der Waals surface area contributed by atoms with Crippen molar-refractivity contribution >= 4 is 19.5 Å². The second kappa shape index (κ2) is 9.99. The van der Waals surface area contributed by atoms with Gasteiger partial charge in [0, 0.05) is 26.1 Å². The zero-order valence-electron chi connectivity index (χ0n) is 8.77. The molecule has 0 saturated carbocycles. The summed E-state index contributed by atoms with van der Waals surface area (Å²) in [5, 5.41) is 0. The molecule has 0 fully saturated rings. The van der Waals surface area contributed by atoms with Crippen LogP contribution in [0.15, 0.2) is 0 Å². The lowest BCUT2D eigenvalue weighted by atomic mass is 10.2. The normalized spacial score (nSPS) is 13.4. The van der Waals surface area contributed by atoms with Crippen molar-refractivity contribution in [3.8, 4) is 0 Å². The fourth-order valence-electron chi connectivity index (χ4n) is 1.08. The van der Waals surface area contributed by atoms with Crippen LogP contribution < -0.4 is 0 Å². The van der Waals surface area contributed by atoms with E-state index in [-0.39, 0.29) is 0 Å². The Morgan fingerprint density at radius 1 is 1.14 bits per heavy atom. The van der Waals surface area contributed by atoms with E-state index in [0.717, 1.165) is 31.8 Å². The first kappa shape index (κ1) is 14.5. The Labute approximate surface area is 89.6 Å². The standard InChI is InChI=1S/C8H19O4PS/c1-11-13(12-2)7-5-3-4-6-8-14(9)10/h3-8H2,1-2H3,(H,9,10). The fourth-order valence-corrected chi connectivity index (χ4v) is 2.52. The SMILES string of the molecule is COP(CCCCCCS(=O)O)OC. The van der Waals surface area contributed by atoms with Gasteiger partial charge in [0.05, 0.1) is 0 Å². The number of rotatable bonds is 9. The van der Waals surface area contributed by atoms with Gasteiger partial charge in [-0.05, 0) is 12.8 Å². The molecular weight excluding hydrogens is 223 g/mol. The molecule has 0 heterocycles. The Morgan fingerprint density at radius 3 is 2.21 bits per heavy atom. The molecule has 0 aromatic heterocycles. The lowest BCUT2D eigenvalue weighted by Crippen LogP contribution is -1.95. The van der Waals surface area contributed by atoms with Crippen LogP contribution in [0.2, 0.25) is 0 Å². The molecule has 0 saturated heterocycles. The molecule has 0 aromatic rings. The zero-order valence-corrected chi connectivity index (χ0v) is 10.5. The monoisotopic (exact) mass is 242 g/mol. The van der Waals surface area contributed by atoms with Crippen LogP contribution in [0.1, 0.15) is 25.7 Å². The topological polar surface area (TPSA) is 55.8 Å². The molecule has 0 rings (SSSR count). The van der Waals surface area contributed by atoms with E-state index in [1.54, 1.807) is 14.2 Å². The van der Waals surface area contributed by atoms with Crippen LogP contribution in [-0.2, 0) is 20.1 Å². The van der Waals surface area contributed by atoms with Crippen molar-refractivity contribution in [1.82, 2.24) is 0 Å². The maximum Gasteiger partial charge on any atom is 0.169 e. The highest BCUT2D eigenvalue weighted by atomic mass is 32.2. The minimum absolute atomic E-state index is 0.392. The first-order chi connectivity index (χ1) is 6.70. The summed E-state index contributed by atoms with van der Waals surface area (Å²) in [6.45, 7) is 0. The summed E-state index contributed by atoms with van der Waals surface area (Å²) in [5.41, 5.74) is 0. The van der Waals surface area contributed by atoms with Gasteiger partial charge in [-0.1, -0.05) is 12.8 Å². The molecule has 0 radical (unpaired) electrons. The molecule has 14 heavy (non-hydrogen) atoms. The van der Waals surface area contributed by atoms with Gasteiger partial charge in [-0.3, -0.25) is 0 Å². The minimum atomic E-state index is -1.63.